The van der Waals surface area contributed by atoms with E-state index in [1.54, 1.807) is 12.1 Å². The van der Waals surface area contributed by atoms with Gasteiger partial charge < -0.3 is 24.7 Å². The Hall–Kier alpha value is -2.83. The van der Waals surface area contributed by atoms with Crippen molar-refractivity contribution in [3.63, 3.8) is 0 Å². The summed E-state index contributed by atoms with van der Waals surface area (Å²) < 4.78 is 10.4. The number of carbonyl (C=O) groups excluding carboxylic acids is 1. The molecule has 6 nitrogen and oxygen atoms in total. The van der Waals surface area contributed by atoms with E-state index in [-0.39, 0.29) is 13.2 Å². The Morgan fingerprint density at radius 1 is 1.08 bits per heavy atom. The number of fused-ring (bicyclic) bond motifs is 1. The molecule has 0 radical (unpaired) electrons. The molecule has 6 heteroatoms. The van der Waals surface area contributed by atoms with Crippen molar-refractivity contribution < 1.29 is 24.2 Å². The molecule has 0 aliphatic carbocycles. The van der Waals surface area contributed by atoms with Gasteiger partial charge in [0.2, 0.25) is 0 Å². The first-order valence-electron chi connectivity index (χ1n) is 7.92. The second kappa shape index (κ2) is 7.83. The number of aliphatic hydroxyl groups excluding tert-OH is 2. The quantitative estimate of drug-likeness (QED) is 0.641. The first-order chi connectivity index (χ1) is 12.1. The summed E-state index contributed by atoms with van der Waals surface area (Å²) in [6.45, 7) is -0.00795. The van der Waals surface area contributed by atoms with Crippen molar-refractivity contribution >= 4 is 17.1 Å². The normalized spacial score (nSPS) is 13.4. The van der Waals surface area contributed by atoms with E-state index >= 15 is 0 Å². The second-order valence-electron chi connectivity index (χ2n) is 5.64. The number of furan rings is 1. The van der Waals surface area contributed by atoms with E-state index in [1.807, 2.05) is 42.5 Å². The molecule has 1 aromatic heterocycles. The molecule has 0 fully saturated rings. The number of hydrogen-bond donors (Lipinski definition) is 3. The van der Waals surface area contributed by atoms with E-state index in [0.29, 0.717) is 11.1 Å². The third-order valence-electron chi connectivity index (χ3n) is 3.86. The molecule has 2 aromatic carbocycles. The molecule has 0 aliphatic heterocycles. The summed E-state index contributed by atoms with van der Waals surface area (Å²) in [7, 11) is 0. The minimum Gasteiger partial charge on any atom is -0.464 e. The summed E-state index contributed by atoms with van der Waals surface area (Å²) in [5.74, 6) is 0. The number of aliphatic hydroxyl groups is 2. The van der Waals surface area contributed by atoms with Gasteiger partial charge >= 0.3 is 6.09 Å². The number of benzene rings is 2. The van der Waals surface area contributed by atoms with Crippen LogP contribution < -0.4 is 5.32 Å². The largest absolute Gasteiger partial charge is 0.464 e. The smallest absolute Gasteiger partial charge is 0.407 e. The Bertz CT molecular complexity index is 830. The van der Waals surface area contributed by atoms with Gasteiger partial charge in [0.15, 0.2) is 0 Å². The maximum atomic E-state index is 11.7. The summed E-state index contributed by atoms with van der Waals surface area (Å²) in [5, 5.41) is 23.6. The number of rotatable bonds is 6. The van der Waals surface area contributed by atoms with E-state index in [9.17, 15) is 15.0 Å². The molecule has 0 saturated heterocycles. The average molecular weight is 341 g/mol. The van der Waals surface area contributed by atoms with Crippen LogP contribution in [0.2, 0.25) is 0 Å². The summed E-state index contributed by atoms with van der Waals surface area (Å²) in [6, 6.07) is 16.5. The highest BCUT2D eigenvalue weighted by atomic mass is 16.5. The molecular formula is C19H19NO5. The van der Waals surface area contributed by atoms with Crippen LogP contribution in [0.1, 0.15) is 17.2 Å². The fraction of sp³-hybridized carbons (Fsp3) is 0.211. The van der Waals surface area contributed by atoms with E-state index in [4.69, 9.17) is 9.15 Å². The number of alkyl carbamates (subject to hydrolysis) is 1. The van der Waals surface area contributed by atoms with Crippen molar-refractivity contribution in [3.05, 3.63) is 72.0 Å². The third-order valence-corrected chi connectivity index (χ3v) is 3.86. The Labute approximate surface area is 144 Å². The van der Waals surface area contributed by atoms with Crippen LogP contribution in [-0.4, -0.2) is 29.0 Å². The molecule has 0 bridgehead atoms. The van der Waals surface area contributed by atoms with Crippen LogP contribution in [0.15, 0.2) is 65.3 Å². The minimum atomic E-state index is -1.19. The Morgan fingerprint density at radius 2 is 1.80 bits per heavy atom. The predicted octanol–water partition coefficient (Wildman–Crippen LogP) is 2.75. The first-order valence-corrected chi connectivity index (χ1v) is 7.92. The van der Waals surface area contributed by atoms with Gasteiger partial charge in [-0.1, -0.05) is 48.5 Å². The topological polar surface area (TPSA) is 91.9 Å². The molecule has 0 spiro atoms. The lowest BCUT2D eigenvalue weighted by atomic mass is 10.0. The van der Waals surface area contributed by atoms with Crippen LogP contribution in [-0.2, 0) is 11.3 Å². The van der Waals surface area contributed by atoms with Crippen molar-refractivity contribution in [2.45, 2.75) is 18.8 Å². The lowest BCUT2D eigenvalue weighted by Crippen LogP contribution is -2.35. The minimum absolute atomic E-state index is 0.137. The number of para-hydroxylation sites is 1. The number of nitrogens with one attached hydrogen (secondary N) is 1. The maximum Gasteiger partial charge on any atom is 0.407 e. The van der Waals surface area contributed by atoms with Crippen LogP contribution >= 0.6 is 0 Å². The lowest BCUT2D eigenvalue weighted by Gasteiger charge is -2.17. The van der Waals surface area contributed by atoms with E-state index in [1.165, 1.54) is 6.26 Å². The molecule has 25 heavy (non-hydrogen) atoms. The van der Waals surface area contributed by atoms with Gasteiger partial charge in [0.25, 0.3) is 0 Å². The molecule has 1 heterocycles. The number of hydrogen-bond acceptors (Lipinski definition) is 5. The average Bonchev–Trinajstić information content (AvgIpc) is 3.08. The van der Waals surface area contributed by atoms with Crippen molar-refractivity contribution in [1.29, 1.82) is 0 Å². The Kier molecular flexibility index (Phi) is 5.33. The van der Waals surface area contributed by atoms with Gasteiger partial charge in [-0.25, -0.2) is 4.79 Å². The van der Waals surface area contributed by atoms with Gasteiger partial charge in [-0.15, -0.1) is 0 Å². The van der Waals surface area contributed by atoms with Crippen LogP contribution in [0.25, 0.3) is 11.0 Å². The molecule has 1 amide bonds. The molecule has 0 aliphatic rings. The highest BCUT2D eigenvalue weighted by Gasteiger charge is 2.23. The maximum absolute atomic E-state index is 11.7. The third kappa shape index (κ3) is 4.17. The molecular weight excluding hydrogens is 322 g/mol. The fourth-order valence-electron chi connectivity index (χ4n) is 2.51. The van der Waals surface area contributed by atoms with Crippen molar-refractivity contribution in [3.8, 4) is 0 Å². The standard InChI is InChI=1S/C19H19NO5/c21-16(10-20-19(23)25-11-13-6-2-1-3-7-13)18(22)15-12-24-17-9-5-4-8-14(15)17/h1-9,12,16,18,21-22H,10-11H2,(H,20,23). The van der Waals surface area contributed by atoms with Crippen molar-refractivity contribution in [2.24, 2.45) is 0 Å². The van der Waals surface area contributed by atoms with Crippen LogP contribution in [0.4, 0.5) is 4.79 Å². The second-order valence-corrected chi connectivity index (χ2v) is 5.64. The zero-order chi connectivity index (χ0) is 17.6. The van der Waals surface area contributed by atoms with Crippen molar-refractivity contribution in [2.75, 3.05) is 6.54 Å². The number of carbonyl (C=O) groups is 1. The van der Waals surface area contributed by atoms with Gasteiger partial charge in [-0.3, -0.25) is 0 Å². The van der Waals surface area contributed by atoms with E-state index in [0.717, 1.165) is 10.9 Å². The molecule has 3 rings (SSSR count). The Morgan fingerprint density at radius 3 is 2.60 bits per heavy atom. The van der Waals surface area contributed by atoms with Crippen molar-refractivity contribution in [1.82, 2.24) is 5.32 Å². The molecule has 3 N–H and O–H groups in total. The molecule has 130 valence electrons. The van der Waals surface area contributed by atoms with Crippen LogP contribution in [0.5, 0.6) is 0 Å². The van der Waals surface area contributed by atoms with Gasteiger partial charge in [0.05, 0.1) is 6.26 Å². The molecule has 2 atom stereocenters. The Balaban J connectivity index is 1.51. The number of ether oxygens (including phenoxy) is 1. The monoisotopic (exact) mass is 341 g/mol. The number of amides is 1. The first kappa shape index (κ1) is 17.0. The van der Waals surface area contributed by atoms with Gasteiger partial charge in [-0.2, -0.15) is 0 Å². The summed E-state index contributed by atoms with van der Waals surface area (Å²) >= 11 is 0. The van der Waals surface area contributed by atoms with Crippen LogP contribution in [0.3, 0.4) is 0 Å². The zero-order valence-corrected chi connectivity index (χ0v) is 13.5. The van der Waals surface area contributed by atoms with E-state index < -0.39 is 18.3 Å². The summed E-state index contributed by atoms with van der Waals surface area (Å²) in [5.41, 5.74) is 1.96. The molecule has 2 unspecified atom stereocenters. The fourth-order valence-corrected chi connectivity index (χ4v) is 2.51. The highest BCUT2D eigenvalue weighted by Crippen LogP contribution is 2.27. The zero-order valence-electron chi connectivity index (χ0n) is 13.5. The summed E-state index contributed by atoms with van der Waals surface area (Å²) in [4.78, 5) is 11.7. The SMILES string of the molecule is O=C(NCC(O)C(O)c1coc2ccccc12)OCc1ccccc1. The lowest BCUT2D eigenvalue weighted by molar-refractivity contribution is 0.0188. The van der Waals surface area contributed by atoms with Gasteiger partial charge in [0, 0.05) is 17.5 Å². The summed E-state index contributed by atoms with van der Waals surface area (Å²) in [6.07, 6.45) is -1.62. The van der Waals surface area contributed by atoms with E-state index in [2.05, 4.69) is 5.32 Å². The predicted molar refractivity (Wildman–Crippen MR) is 91.8 cm³/mol. The molecule has 0 saturated carbocycles. The van der Waals surface area contributed by atoms with Gasteiger partial charge in [-0.05, 0) is 11.6 Å². The highest BCUT2D eigenvalue weighted by molar-refractivity contribution is 5.81. The molecule has 3 aromatic rings. The van der Waals surface area contributed by atoms with Gasteiger partial charge in [0.1, 0.15) is 24.4 Å². The van der Waals surface area contributed by atoms with Crippen LogP contribution in [0, 0.1) is 0 Å².